The van der Waals surface area contributed by atoms with E-state index < -0.39 is 5.82 Å². The largest absolute Gasteiger partial charge is 0.335 e. The number of aryl methyl sites for hydroxylation is 1. The highest BCUT2D eigenvalue weighted by Gasteiger charge is 2.08. The lowest BCUT2D eigenvalue weighted by molar-refractivity contribution is 0.112. The first-order valence-corrected chi connectivity index (χ1v) is 5.48. The van der Waals surface area contributed by atoms with E-state index >= 15 is 0 Å². The van der Waals surface area contributed by atoms with Gasteiger partial charge in [-0.2, -0.15) is 0 Å². The number of halogens is 1. The molecule has 2 rings (SSSR count). The number of hydrogen-bond acceptors (Lipinski definition) is 2. The molecule has 0 bridgehead atoms. The summed E-state index contributed by atoms with van der Waals surface area (Å²) in [6, 6.07) is 4.25. The van der Waals surface area contributed by atoms with E-state index in [1.165, 1.54) is 12.1 Å². The van der Waals surface area contributed by atoms with Crippen LogP contribution < -0.4 is 0 Å². The van der Waals surface area contributed by atoms with Gasteiger partial charge in [0.25, 0.3) is 0 Å². The Morgan fingerprint density at radius 1 is 1.47 bits per heavy atom. The fourth-order valence-electron chi connectivity index (χ4n) is 1.80. The highest BCUT2D eigenvalue weighted by atomic mass is 19.1. The minimum absolute atomic E-state index is 0.385. The third-order valence-electron chi connectivity index (χ3n) is 2.73. The highest BCUT2D eigenvalue weighted by Crippen LogP contribution is 2.14. The zero-order valence-corrected chi connectivity index (χ0v) is 9.56. The van der Waals surface area contributed by atoms with Gasteiger partial charge in [-0.15, -0.1) is 0 Å². The predicted molar refractivity (Wildman–Crippen MR) is 62.5 cm³/mol. The van der Waals surface area contributed by atoms with Crippen molar-refractivity contribution in [1.82, 2.24) is 9.55 Å². The van der Waals surface area contributed by atoms with Gasteiger partial charge < -0.3 is 4.57 Å². The van der Waals surface area contributed by atoms with Crippen molar-refractivity contribution >= 4 is 6.29 Å². The standard InChI is InChI=1S/C13H13FN2O/c1-2-16-6-5-15-13(16)8-10-3-4-12(14)7-11(10)9-17/h3-7,9H,2,8H2,1H3. The summed E-state index contributed by atoms with van der Waals surface area (Å²) in [5.74, 6) is 0.483. The Morgan fingerprint density at radius 2 is 2.29 bits per heavy atom. The van der Waals surface area contributed by atoms with Gasteiger partial charge >= 0.3 is 0 Å². The van der Waals surface area contributed by atoms with E-state index in [-0.39, 0.29) is 0 Å². The van der Waals surface area contributed by atoms with Crippen LogP contribution in [0.2, 0.25) is 0 Å². The van der Waals surface area contributed by atoms with Crippen LogP contribution in [-0.4, -0.2) is 15.8 Å². The van der Waals surface area contributed by atoms with Crippen molar-refractivity contribution in [3.05, 3.63) is 53.4 Å². The minimum atomic E-state index is -0.394. The molecule has 3 nitrogen and oxygen atoms in total. The summed E-state index contributed by atoms with van der Waals surface area (Å²) in [5.41, 5.74) is 1.18. The Kier molecular flexibility index (Phi) is 3.32. The van der Waals surface area contributed by atoms with Crippen LogP contribution >= 0.6 is 0 Å². The summed E-state index contributed by atoms with van der Waals surface area (Å²) in [7, 11) is 0. The SMILES string of the molecule is CCn1ccnc1Cc1ccc(F)cc1C=O. The number of imidazole rings is 1. The summed E-state index contributed by atoms with van der Waals surface area (Å²) >= 11 is 0. The topological polar surface area (TPSA) is 34.9 Å². The van der Waals surface area contributed by atoms with Crippen molar-refractivity contribution in [2.75, 3.05) is 0 Å². The van der Waals surface area contributed by atoms with E-state index in [0.29, 0.717) is 18.3 Å². The van der Waals surface area contributed by atoms with Gasteiger partial charge in [0.05, 0.1) is 0 Å². The fourth-order valence-corrected chi connectivity index (χ4v) is 1.80. The van der Waals surface area contributed by atoms with Crippen LogP contribution in [0.4, 0.5) is 4.39 Å². The number of carbonyl (C=O) groups excluding carboxylic acids is 1. The third-order valence-corrected chi connectivity index (χ3v) is 2.73. The molecule has 0 N–H and O–H groups in total. The second kappa shape index (κ2) is 4.91. The number of rotatable bonds is 4. The molecule has 0 saturated heterocycles. The van der Waals surface area contributed by atoms with Crippen LogP contribution in [0.15, 0.2) is 30.6 Å². The van der Waals surface area contributed by atoms with Gasteiger partial charge in [-0.1, -0.05) is 6.07 Å². The van der Waals surface area contributed by atoms with Gasteiger partial charge in [-0.25, -0.2) is 9.37 Å². The molecule has 0 saturated carbocycles. The lowest BCUT2D eigenvalue weighted by atomic mass is 10.1. The molecule has 0 spiro atoms. The average molecular weight is 232 g/mol. The Bertz CT molecular complexity index is 534. The van der Waals surface area contributed by atoms with Crippen LogP contribution in [0.5, 0.6) is 0 Å². The first-order valence-electron chi connectivity index (χ1n) is 5.48. The number of carbonyl (C=O) groups is 1. The van der Waals surface area contributed by atoms with E-state index in [1.807, 2.05) is 17.7 Å². The summed E-state index contributed by atoms with van der Waals surface area (Å²) in [4.78, 5) is 15.1. The Labute approximate surface area is 98.9 Å². The average Bonchev–Trinajstić information content (AvgIpc) is 2.78. The molecule has 0 aliphatic rings. The first-order chi connectivity index (χ1) is 8.24. The lowest BCUT2D eigenvalue weighted by Crippen LogP contribution is -2.04. The van der Waals surface area contributed by atoms with E-state index in [0.717, 1.165) is 17.9 Å². The number of hydrogen-bond donors (Lipinski definition) is 0. The van der Waals surface area contributed by atoms with Crippen molar-refractivity contribution in [3.63, 3.8) is 0 Å². The maximum atomic E-state index is 13.0. The van der Waals surface area contributed by atoms with E-state index in [4.69, 9.17) is 0 Å². The van der Waals surface area contributed by atoms with E-state index in [1.54, 1.807) is 12.3 Å². The Morgan fingerprint density at radius 3 is 3.00 bits per heavy atom. The molecule has 0 aliphatic carbocycles. The Balaban J connectivity index is 2.33. The number of benzene rings is 1. The molecule has 1 aromatic carbocycles. The first kappa shape index (κ1) is 11.5. The van der Waals surface area contributed by atoms with Gasteiger partial charge in [0.1, 0.15) is 17.9 Å². The van der Waals surface area contributed by atoms with Gasteiger partial charge in [0.2, 0.25) is 0 Å². The molecule has 0 unspecified atom stereocenters. The summed E-state index contributed by atoms with van der Waals surface area (Å²) in [6.45, 7) is 2.85. The van der Waals surface area contributed by atoms with Crippen LogP contribution in [-0.2, 0) is 13.0 Å². The molecule has 0 atom stereocenters. The molecule has 0 amide bonds. The van der Waals surface area contributed by atoms with Crippen LogP contribution in [0.1, 0.15) is 28.7 Å². The lowest BCUT2D eigenvalue weighted by Gasteiger charge is -2.07. The van der Waals surface area contributed by atoms with Gasteiger partial charge in [0, 0.05) is 30.9 Å². The molecule has 1 heterocycles. The van der Waals surface area contributed by atoms with Crippen molar-refractivity contribution in [2.24, 2.45) is 0 Å². The summed E-state index contributed by atoms with van der Waals surface area (Å²) in [6.07, 6.45) is 4.83. The molecule has 0 fully saturated rings. The summed E-state index contributed by atoms with van der Waals surface area (Å²) < 4.78 is 15.0. The predicted octanol–water partition coefficient (Wildman–Crippen LogP) is 2.45. The maximum absolute atomic E-state index is 13.0. The molecule has 2 aromatic rings. The summed E-state index contributed by atoms with van der Waals surface area (Å²) in [5, 5.41) is 0. The molecule has 0 radical (unpaired) electrons. The van der Waals surface area contributed by atoms with Crippen molar-refractivity contribution in [3.8, 4) is 0 Å². The molecule has 17 heavy (non-hydrogen) atoms. The van der Waals surface area contributed by atoms with Crippen LogP contribution in [0.25, 0.3) is 0 Å². The third kappa shape index (κ3) is 2.41. The smallest absolute Gasteiger partial charge is 0.150 e. The van der Waals surface area contributed by atoms with Crippen LogP contribution in [0, 0.1) is 5.82 Å². The van der Waals surface area contributed by atoms with Crippen molar-refractivity contribution in [1.29, 1.82) is 0 Å². The molecular formula is C13H13FN2O. The zero-order valence-electron chi connectivity index (χ0n) is 9.56. The quantitative estimate of drug-likeness (QED) is 0.759. The molecule has 88 valence electrons. The number of aldehydes is 1. The van der Waals surface area contributed by atoms with E-state index in [9.17, 15) is 9.18 Å². The normalized spacial score (nSPS) is 10.5. The maximum Gasteiger partial charge on any atom is 0.150 e. The highest BCUT2D eigenvalue weighted by molar-refractivity contribution is 5.77. The van der Waals surface area contributed by atoms with Crippen molar-refractivity contribution in [2.45, 2.75) is 19.9 Å². The molecular weight excluding hydrogens is 219 g/mol. The van der Waals surface area contributed by atoms with E-state index in [2.05, 4.69) is 4.98 Å². The minimum Gasteiger partial charge on any atom is -0.335 e. The molecule has 0 aliphatic heterocycles. The molecule has 4 heteroatoms. The second-order valence-corrected chi connectivity index (χ2v) is 3.77. The number of aromatic nitrogens is 2. The monoisotopic (exact) mass is 232 g/mol. The fraction of sp³-hybridized carbons (Fsp3) is 0.231. The Hall–Kier alpha value is -1.97. The second-order valence-electron chi connectivity index (χ2n) is 3.77. The van der Waals surface area contributed by atoms with Gasteiger partial charge in [0.15, 0.2) is 0 Å². The van der Waals surface area contributed by atoms with Crippen LogP contribution in [0.3, 0.4) is 0 Å². The van der Waals surface area contributed by atoms with Gasteiger partial charge in [-0.05, 0) is 24.6 Å². The molecule has 1 aromatic heterocycles. The van der Waals surface area contributed by atoms with Crippen molar-refractivity contribution < 1.29 is 9.18 Å². The number of nitrogens with zero attached hydrogens (tertiary/aromatic N) is 2. The van der Waals surface area contributed by atoms with Gasteiger partial charge in [-0.3, -0.25) is 4.79 Å². The zero-order chi connectivity index (χ0) is 12.3.